The van der Waals surface area contributed by atoms with E-state index in [1.54, 1.807) is 13.0 Å². The third-order valence-corrected chi connectivity index (χ3v) is 4.65. The van der Waals surface area contributed by atoms with Crippen molar-refractivity contribution < 1.29 is 20.1 Å². The van der Waals surface area contributed by atoms with Crippen LogP contribution >= 0.6 is 0 Å². The molecule has 10 nitrogen and oxygen atoms in total. The fourth-order valence-corrected chi connectivity index (χ4v) is 3.15. The Morgan fingerprint density at radius 2 is 1.87 bits per heavy atom. The van der Waals surface area contributed by atoms with Gasteiger partial charge in [-0.2, -0.15) is 10.1 Å². The molecule has 5 N–H and O–H groups in total. The van der Waals surface area contributed by atoms with Crippen molar-refractivity contribution >= 4 is 34.5 Å². The van der Waals surface area contributed by atoms with Gasteiger partial charge in [0, 0.05) is 18.3 Å². The lowest BCUT2D eigenvalue weighted by Gasteiger charge is -2.14. The number of anilines is 3. The molecule has 166 valence electrons. The zero-order valence-corrected chi connectivity index (χ0v) is 18.2. The van der Waals surface area contributed by atoms with E-state index in [0.717, 1.165) is 5.69 Å². The third-order valence-electron chi connectivity index (χ3n) is 4.65. The van der Waals surface area contributed by atoms with Crippen LogP contribution in [0.1, 0.15) is 62.6 Å². The molecule has 0 saturated carbocycles. The molecule has 0 aliphatic heterocycles. The van der Waals surface area contributed by atoms with Gasteiger partial charge in [-0.05, 0) is 44.9 Å². The lowest BCUT2D eigenvalue weighted by atomic mass is 10.1. The van der Waals surface area contributed by atoms with E-state index in [0.29, 0.717) is 28.5 Å². The molecule has 0 aliphatic rings. The minimum atomic E-state index is -1.23. The number of carbonyl (C=O) groups is 1. The Labute approximate surface area is 180 Å². The molecule has 10 heteroatoms. The van der Waals surface area contributed by atoms with Crippen molar-refractivity contribution in [2.45, 2.75) is 52.7 Å². The molecule has 2 heterocycles. The molecular weight excluding hydrogens is 400 g/mol. The van der Waals surface area contributed by atoms with Gasteiger partial charge in [0.25, 0.3) is 0 Å². The summed E-state index contributed by atoms with van der Waals surface area (Å²) in [6.07, 6.45) is -0.589. The number of hydrogen-bond acceptors (Lipinski definition) is 8. The topological polar surface area (TPSA) is 145 Å². The van der Waals surface area contributed by atoms with E-state index in [2.05, 4.69) is 20.6 Å². The molecule has 31 heavy (non-hydrogen) atoms. The number of carboxylic acid groups (broad SMARTS) is 1. The van der Waals surface area contributed by atoms with Gasteiger partial charge in [0.1, 0.15) is 22.3 Å². The Morgan fingerprint density at radius 3 is 2.45 bits per heavy atom. The second-order valence-electron chi connectivity index (χ2n) is 8.06. The minimum absolute atomic E-state index is 0.0322. The number of aromatic hydroxyl groups is 1. The van der Waals surface area contributed by atoms with Gasteiger partial charge in [0.15, 0.2) is 5.82 Å². The van der Waals surface area contributed by atoms with Gasteiger partial charge >= 0.3 is 5.97 Å². The molecule has 0 radical (unpaired) electrons. The Hall–Kier alpha value is -3.40. The molecule has 1 unspecified atom stereocenters. The molecule has 0 aliphatic carbocycles. The Balaban J connectivity index is 2.20. The van der Waals surface area contributed by atoms with Crippen LogP contribution in [0.2, 0.25) is 0 Å². The van der Waals surface area contributed by atoms with Crippen molar-refractivity contribution in [3.8, 4) is 5.75 Å². The summed E-state index contributed by atoms with van der Waals surface area (Å²) in [6.45, 7) is 9.99. The van der Waals surface area contributed by atoms with Crippen molar-refractivity contribution in [2.24, 2.45) is 0 Å². The first-order valence-corrected chi connectivity index (χ1v) is 10.1. The van der Waals surface area contributed by atoms with E-state index < -0.39 is 12.1 Å². The number of fused-ring (bicyclic) bond motifs is 1. The zero-order chi connectivity index (χ0) is 22.9. The van der Waals surface area contributed by atoms with Gasteiger partial charge in [0.05, 0.1) is 11.8 Å². The number of rotatable bonds is 8. The summed E-state index contributed by atoms with van der Waals surface area (Å²) in [5.74, 6) is -0.684. The summed E-state index contributed by atoms with van der Waals surface area (Å²) in [5.41, 5.74) is 2.39. The lowest BCUT2D eigenvalue weighted by molar-refractivity contribution is 0.0693. The number of nitrogens with zero attached hydrogens (tertiary/aromatic N) is 4. The van der Waals surface area contributed by atoms with E-state index in [4.69, 9.17) is 5.10 Å². The van der Waals surface area contributed by atoms with Gasteiger partial charge in [-0.1, -0.05) is 13.8 Å². The van der Waals surface area contributed by atoms with Gasteiger partial charge in [-0.15, -0.1) is 0 Å². The number of hydrogen-bond donors (Lipinski definition) is 5. The maximum atomic E-state index is 11.4. The molecule has 1 aromatic carbocycles. The minimum Gasteiger partial charge on any atom is -0.507 e. The molecule has 0 saturated heterocycles. The van der Waals surface area contributed by atoms with Crippen molar-refractivity contribution in [1.29, 1.82) is 0 Å². The van der Waals surface area contributed by atoms with E-state index in [9.17, 15) is 20.1 Å². The maximum Gasteiger partial charge on any atom is 0.339 e. The highest BCUT2D eigenvalue weighted by molar-refractivity contribution is 5.94. The quantitative estimate of drug-likeness (QED) is 0.340. The lowest BCUT2D eigenvalue weighted by Crippen LogP contribution is -2.17. The third kappa shape index (κ3) is 4.69. The zero-order valence-electron chi connectivity index (χ0n) is 18.2. The van der Waals surface area contributed by atoms with E-state index in [1.807, 2.05) is 32.4 Å². The molecule has 2 aromatic heterocycles. The van der Waals surface area contributed by atoms with Crippen LogP contribution in [0, 0.1) is 0 Å². The first-order chi connectivity index (χ1) is 14.6. The Kier molecular flexibility index (Phi) is 6.30. The van der Waals surface area contributed by atoms with Crippen LogP contribution in [0.3, 0.4) is 0 Å². The molecule has 0 bridgehead atoms. The highest BCUT2D eigenvalue weighted by atomic mass is 16.4. The summed E-state index contributed by atoms with van der Waals surface area (Å²) < 4.78 is 1.84. The summed E-state index contributed by atoms with van der Waals surface area (Å²) >= 11 is 0. The largest absolute Gasteiger partial charge is 0.507 e. The highest BCUT2D eigenvalue weighted by Crippen LogP contribution is 2.33. The van der Waals surface area contributed by atoms with Gasteiger partial charge in [0.2, 0.25) is 5.95 Å². The number of aliphatic hydroxyl groups is 1. The molecule has 0 fully saturated rings. The standard InChI is InChI=1S/C21H28N6O4/c1-10(2)16-17-18(27(26-16)11(3)4)19(25-21(24-17)22-9-12(5)28)23-13-6-7-15(29)14(8-13)20(30)31/h6-8,10-12,28-29H,9H2,1-5H3,(H,30,31)(H2,22,23,24,25). The van der Waals surface area contributed by atoms with Gasteiger partial charge in [-0.3, -0.25) is 4.68 Å². The fourth-order valence-electron chi connectivity index (χ4n) is 3.15. The number of benzene rings is 1. The average molecular weight is 428 g/mol. The predicted molar refractivity (Wildman–Crippen MR) is 118 cm³/mol. The smallest absolute Gasteiger partial charge is 0.339 e. The number of aromatic nitrogens is 4. The van der Waals surface area contributed by atoms with Crippen molar-refractivity contribution in [3.63, 3.8) is 0 Å². The number of nitrogens with one attached hydrogen (secondary N) is 2. The number of aliphatic hydroxyl groups excluding tert-OH is 1. The predicted octanol–water partition coefficient (Wildman–Crippen LogP) is 3.47. The summed E-state index contributed by atoms with van der Waals surface area (Å²) in [5, 5.41) is 39.7. The molecule has 3 aromatic rings. The van der Waals surface area contributed by atoms with Gasteiger partial charge in [-0.25, -0.2) is 9.78 Å². The van der Waals surface area contributed by atoms with Crippen molar-refractivity contribution in [3.05, 3.63) is 29.5 Å². The second kappa shape index (κ2) is 8.76. The van der Waals surface area contributed by atoms with Crippen LogP contribution in [0.25, 0.3) is 11.0 Å². The van der Waals surface area contributed by atoms with Crippen molar-refractivity contribution in [2.75, 3.05) is 17.2 Å². The SMILES string of the molecule is CC(O)CNc1nc(Nc2ccc(O)c(C(=O)O)c2)c2c(n1)c(C(C)C)nn2C(C)C. The normalized spacial score (nSPS) is 12.5. The molecule has 1 atom stereocenters. The van der Waals surface area contributed by atoms with Crippen LogP contribution in [-0.4, -0.2) is 53.7 Å². The monoisotopic (exact) mass is 428 g/mol. The number of carboxylic acids is 1. The van der Waals surface area contributed by atoms with Crippen LogP contribution in [0.15, 0.2) is 18.2 Å². The molecule has 3 rings (SSSR count). The maximum absolute atomic E-state index is 11.4. The Bertz CT molecular complexity index is 1110. The number of aromatic carboxylic acids is 1. The summed E-state index contributed by atoms with van der Waals surface area (Å²) in [6, 6.07) is 4.26. The van der Waals surface area contributed by atoms with Crippen molar-refractivity contribution in [1.82, 2.24) is 19.7 Å². The molecule has 0 spiro atoms. The van der Waals surface area contributed by atoms with Crippen LogP contribution < -0.4 is 10.6 Å². The second-order valence-corrected chi connectivity index (χ2v) is 8.06. The first kappa shape index (κ1) is 22.3. The van der Waals surface area contributed by atoms with E-state index in [-0.39, 0.29) is 29.8 Å². The summed E-state index contributed by atoms with van der Waals surface area (Å²) in [4.78, 5) is 20.6. The van der Waals surface area contributed by atoms with Crippen LogP contribution in [0.5, 0.6) is 5.75 Å². The molecule has 0 amide bonds. The average Bonchev–Trinajstić information content (AvgIpc) is 3.08. The Morgan fingerprint density at radius 1 is 1.16 bits per heavy atom. The van der Waals surface area contributed by atoms with Gasteiger partial charge < -0.3 is 26.0 Å². The molecular formula is C21H28N6O4. The first-order valence-electron chi connectivity index (χ1n) is 10.1. The highest BCUT2D eigenvalue weighted by Gasteiger charge is 2.22. The number of phenols is 1. The summed E-state index contributed by atoms with van der Waals surface area (Å²) in [7, 11) is 0. The van der Waals surface area contributed by atoms with E-state index >= 15 is 0 Å². The van der Waals surface area contributed by atoms with Crippen LogP contribution in [0.4, 0.5) is 17.5 Å². The van der Waals surface area contributed by atoms with E-state index in [1.165, 1.54) is 12.1 Å². The van der Waals surface area contributed by atoms with Crippen LogP contribution in [-0.2, 0) is 0 Å². The fraction of sp³-hybridized carbons (Fsp3) is 0.429.